The van der Waals surface area contributed by atoms with E-state index in [1.54, 1.807) is 7.11 Å². The Hall–Kier alpha value is -3.53. The maximum atomic E-state index is 13.7. The highest BCUT2D eigenvalue weighted by atomic mass is 16.5. The van der Waals surface area contributed by atoms with Crippen LogP contribution in [0.1, 0.15) is 61.0 Å². The fraction of sp³-hybridized carbons (Fsp3) is 0.528. The van der Waals surface area contributed by atoms with Crippen molar-refractivity contribution in [2.24, 2.45) is 5.41 Å². The van der Waals surface area contributed by atoms with Crippen LogP contribution in [0, 0.1) is 5.41 Å². The number of piperazine rings is 2. The lowest BCUT2D eigenvalue weighted by Crippen LogP contribution is -2.68. The van der Waals surface area contributed by atoms with Crippen molar-refractivity contribution in [2.45, 2.75) is 57.2 Å². The van der Waals surface area contributed by atoms with Gasteiger partial charge in [0.1, 0.15) is 5.82 Å². The van der Waals surface area contributed by atoms with E-state index in [0.29, 0.717) is 50.6 Å². The molecule has 3 aromatic rings. The van der Waals surface area contributed by atoms with E-state index >= 15 is 0 Å². The molecule has 1 amide bonds. The molecule has 2 atom stereocenters. The summed E-state index contributed by atoms with van der Waals surface area (Å²) in [6, 6.07) is 22.1. The number of aromatic nitrogens is 2. The zero-order chi connectivity index (χ0) is 31.0. The van der Waals surface area contributed by atoms with Crippen molar-refractivity contribution in [3.05, 3.63) is 83.2 Å². The van der Waals surface area contributed by atoms with Gasteiger partial charge in [-0.1, -0.05) is 60.7 Å². The molecule has 2 unspecified atom stereocenters. The first-order chi connectivity index (χ1) is 22.0. The Morgan fingerprint density at radius 1 is 0.956 bits per heavy atom. The molecule has 2 aromatic carbocycles. The summed E-state index contributed by atoms with van der Waals surface area (Å²) in [7, 11) is 1.69. The number of fused-ring (bicyclic) bond motifs is 1. The fourth-order valence-electron chi connectivity index (χ4n) is 7.46. The predicted molar refractivity (Wildman–Crippen MR) is 172 cm³/mol. The molecule has 1 aliphatic carbocycles. The van der Waals surface area contributed by atoms with Crippen LogP contribution in [0.25, 0.3) is 0 Å². The highest BCUT2D eigenvalue weighted by Gasteiger charge is 2.48. The highest BCUT2D eigenvalue weighted by molar-refractivity contribution is 5.83. The average molecular weight is 612 g/mol. The predicted octanol–water partition coefficient (Wildman–Crippen LogP) is 4.33. The number of ether oxygens (including phenoxy) is 3. The summed E-state index contributed by atoms with van der Waals surface area (Å²) < 4.78 is 17.5. The second-order valence-corrected chi connectivity index (χ2v) is 13.3. The van der Waals surface area contributed by atoms with Crippen LogP contribution in [0.4, 0.5) is 0 Å². The molecule has 3 saturated heterocycles. The van der Waals surface area contributed by atoms with Gasteiger partial charge in [-0.05, 0) is 37.8 Å². The number of hydrogen-bond donors (Lipinski definition) is 0. The summed E-state index contributed by atoms with van der Waals surface area (Å²) in [6.07, 6.45) is 2.22. The van der Waals surface area contributed by atoms with E-state index in [0.717, 1.165) is 50.4 Å². The van der Waals surface area contributed by atoms with Gasteiger partial charge in [-0.2, -0.15) is 9.97 Å². The van der Waals surface area contributed by atoms with Crippen molar-refractivity contribution in [2.75, 3.05) is 59.7 Å². The SMILES string of the molecule is CCOc1nc(C2CC2)nc(OC)c1CN1CC2CN(C(=O)C3(C)COC3)CCN2C(C(c2ccccc2)c2ccccc2)C1. The van der Waals surface area contributed by atoms with Crippen LogP contribution in [0.2, 0.25) is 0 Å². The number of hydrogen-bond acceptors (Lipinski definition) is 8. The van der Waals surface area contributed by atoms with Crippen LogP contribution in [-0.4, -0.2) is 102 Å². The molecule has 0 radical (unpaired) electrons. The highest BCUT2D eigenvalue weighted by Crippen LogP contribution is 2.42. The number of amides is 1. The number of rotatable bonds is 10. The number of methoxy groups -OCH3 is 1. The van der Waals surface area contributed by atoms with Crippen molar-refractivity contribution in [3.8, 4) is 11.8 Å². The topological polar surface area (TPSA) is 80.3 Å². The molecule has 3 aliphatic heterocycles. The van der Waals surface area contributed by atoms with Gasteiger partial charge in [-0.3, -0.25) is 14.6 Å². The molecule has 4 aliphatic rings. The van der Waals surface area contributed by atoms with Crippen LogP contribution >= 0.6 is 0 Å². The largest absolute Gasteiger partial charge is 0.481 e. The minimum atomic E-state index is -0.410. The molecule has 45 heavy (non-hydrogen) atoms. The molecular weight excluding hydrogens is 566 g/mol. The van der Waals surface area contributed by atoms with E-state index in [1.807, 2.05) is 13.8 Å². The standard InChI is InChI=1S/C36H45N5O4/c1-4-45-34-29(33(43-3)37-32(38-34)27-15-16-27)21-39-19-28-20-40(35(42)36(2)23-44-24-36)17-18-41(28)30(22-39)31(25-11-7-5-8-12-25)26-13-9-6-10-14-26/h5-14,27-28,30-31H,4,15-24H2,1-3H3. The van der Waals surface area contributed by atoms with E-state index in [4.69, 9.17) is 24.2 Å². The molecule has 1 saturated carbocycles. The van der Waals surface area contributed by atoms with Crippen LogP contribution in [-0.2, 0) is 16.1 Å². The first kappa shape index (κ1) is 30.1. The van der Waals surface area contributed by atoms with Crippen molar-refractivity contribution < 1.29 is 19.0 Å². The van der Waals surface area contributed by atoms with Gasteiger partial charge >= 0.3 is 0 Å². The number of nitrogens with zero attached hydrogens (tertiary/aromatic N) is 5. The maximum absolute atomic E-state index is 13.7. The third kappa shape index (κ3) is 6.05. The zero-order valence-electron chi connectivity index (χ0n) is 26.7. The van der Waals surface area contributed by atoms with E-state index < -0.39 is 5.41 Å². The Balaban J connectivity index is 1.24. The molecule has 9 nitrogen and oxygen atoms in total. The average Bonchev–Trinajstić information content (AvgIpc) is 3.91. The van der Waals surface area contributed by atoms with Gasteiger partial charge in [0.25, 0.3) is 0 Å². The third-order valence-electron chi connectivity index (χ3n) is 9.96. The van der Waals surface area contributed by atoms with Gasteiger partial charge in [-0.15, -0.1) is 0 Å². The number of benzene rings is 2. The van der Waals surface area contributed by atoms with E-state index in [9.17, 15) is 4.79 Å². The molecule has 238 valence electrons. The second kappa shape index (κ2) is 12.7. The molecular formula is C36H45N5O4. The third-order valence-corrected chi connectivity index (χ3v) is 9.96. The summed E-state index contributed by atoms with van der Waals surface area (Å²) >= 11 is 0. The molecule has 1 aromatic heterocycles. The normalized spacial score (nSPS) is 23.3. The minimum Gasteiger partial charge on any atom is -0.481 e. The molecule has 9 heteroatoms. The zero-order valence-corrected chi connectivity index (χ0v) is 26.7. The molecule has 7 rings (SSSR count). The Kier molecular flexibility index (Phi) is 8.50. The Bertz CT molecular complexity index is 1440. The molecule has 4 fully saturated rings. The Morgan fingerprint density at radius 2 is 1.62 bits per heavy atom. The Labute approximate surface area is 266 Å². The van der Waals surface area contributed by atoms with Gasteiger partial charge in [0, 0.05) is 63.2 Å². The summed E-state index contributed by atoms with van der Waals surface area (Å²) in [5.74, 6) is 2.84. The molecule has 0 N–H and O–H groups in total. The van der Waals surface area contributed by atoms with Crippen LogP contribution in [0.15, 0.2) is 60.7 Å². The summed E-state index contributed by atoms with van der Waals surface area (Å²) in [6.45, 7) is 10.1. The second-order valence-electron chi connectivity index (χ2n) is 13.3. The summed E-state index contributed by atoms with van der Waals surface area (Å²) in [5.41, 5.74) is 3.09. The van der Waals surface area contributed by atoms with Gasteiger partial charge < -0.3 is 19.1 Å². The summed E-state index contributed by atoms with van der Waals surface area (Å²) in [5, 5.41) is 0. The van der Waals surface area contributed by atoms with Crippen molar-refractivity contribution in [1.29, 1.82) is 0 Å². The smallest absolute Gasteiger partial charge is 0.233 e. The summed E-state index contributed by atoms with van der Waals surface area (Å²) in [4.78, 5) is 30.7. The van der Waals surface area contributed by atoms with E-state index in [-0.39, 0.29) is 23.9 Å². The lowest BCUT2D eigenvalue weighted by atomic mass is 9.81. The van der Waals surface area contributed by atoms with Gasteiger partial charge in [-0.25, -0.2) is 0 Å². The van der Waals surface area contributed by atoms with Gasteiger partial charge in [0.2, 0.25) is 17.7 Å². The lowest BCUT2D eigenvalue weighted by molar-refractivity contribution is -0.173. The molecule has 0 spiro atoms. The van der Waals surface area contributed by atoms with Crippen molar-refractivity contribution >= 4 is 5.91 Å². The lowest BCUT2D eigenvalue weighted by Gasteiger charge is -2.54. The fourth-order valence-corrected chi connectivity index (χ4v) is 7.46. The molecule has 0 bridgehead atoms. The van der Waals surface area contributed by atoms with Gasteiger partial charge in [0.15, 0.2) is 0 Å². The number of carbonyl (C=O) groups is 1. The van der Waals surface area contributed by atoms with Crippen molar-refractivity contribution in [1.82, 2.24) is 24.7 Å². The van der Waals surface area contributed by atoms with E-state index in [2.05, 4.69) is 75.4 Å². The van der Waals surface area contributed by atoms with Crippen LogP contribution in [0.5, 0.6) is 11.8 Å². The monoisotopic (exact) mass is 611 g/mol. The van der Waals surface area contributed by atoms with Crippen LogP contribution < -0.4 is 9.47 Å². The quantitative estimate of drug-likeness (QED) is 0.335. The minimum absolute atomic E-state index is 0.166. The van der Waals surface area contributed by atoms with E-state index in [1.165, 1.54) is 11.1 Å². The molecule has 4 heterocycles. The van der Waals surface area contributed by atoms with Gasteiger partial charge in [0.05, 0.1) is 37.9 Å². The maximum Gasteiger partial charge on any atom is 0.233 e. The Morgan fingerprint density at radius 3 is 2.20 bits per heavy atom. The van der Waals surface area contributed by atoms with Crippen LogP contribution in [0.3, 0.4) is 0 Å². The first-order valence-corrected chi connectivity index (χ1v) is 16.5. The van der Waals surface area contributed by atoms with Crippen molar-refractivity contribution in [3.63, 3.8) is 0 Å². The first-order valence-electron chi connectivity index (χ1n) is 16.5. The number of carbonyl (C=O) groups excluding carboxylic acids is 1.